The summed E-state index contributed by atoms with van der Waals surface area (Å²) in [7, 11) is 0. The molecule has 0 aliphatic carbocycles. The van der Waals surface area contributed by atoms with Gasteiger partial charge in [0.25, 0.3) is 0 Å². The summed E-state index contributed by atoms with van der Waals surface area (Å²) in [5.41, 5.74) is 2.32. The number of benzene rings is 2. The lowest BCUT2D eigenvalue weighted by molar-refractivity contribution is 0.605. The standard InChI is InChI=1S/C20H18N2S2/c1-3-13-20(19-21-15-9-5-7-11-17(15)23-19)22(14-4-2)16-10-6-8-12-18(16)24-20/h3-12H,1-2,13-14H2/t20-/m0/s1. The van der Waals surface area contributed by atoms with Crippen molar-refractivity contribution < 1.29 is 0 Å². The predicted octanol–water partition coefficient (Wildman–Crippen LogP) is 5.82. The van der Waals surface area contributed by atoms with Gasteiger partial charge in [-0.3, -0.25) is 0 Å². The van der Waals surface area contributed by atoms with E-state index < -0.39 is 0 Å². The molecule has 0 fully saturated rings. The van der Waals surface area contributed by atoms with Crippen molar-refractivity contribution in [1.82, 2.24) is 4.98 Å². The molecule has 0 N–H and O–H groups in total. The maximum atomic E-state index is 4.97. The number of thioether (sulfide) groups is 1. The molecule has 4 heteroatoms. The normalized spacial score (nSPS) is 19.4. The van der Waals surface area contributed by atoms with Crippen molar-refractivity contribution in [2.45, 2.75) is 16.2 Å². The van der Waals surface area contributed by atoms with Crippen molar-refractivity contribution in [1.29, 1.82) is 0 Å². The van der Waals surface area contributed by atoms with Crippen molar-refractivity contribution >= 4 is 39.0 Å². The number of thiazole rings is 1. The Bertz CT molecular complexity index is 882. The second kappa shape index (κ2) is 6.11. The molecule has 2 aromatic carbocycles. The van der Waals surface area contributed by atoms with Crippen LogP contribution < -0.4 is 4.90 Å². The highest BCUT2D eigenvalue weighted by Crippen LogP contribution is 2.58. The quantitative estimate of drug-likeness (QED) is 0.539. The number of nitrogens with zero attached hydrogens (tertiary/aromatic N) is 2. The first-order valence-corrected chi connectivity index (χ1v) is 9.55. The van der Waals surface area contributed by atoms with Gasteiger partial charge in [0.1, 0.15) is 9.88 Å². The maximum absolute atomic E-state index is 4.97. The molecular formula is C20H18N2S2. The Morgan fingerprint density at radius 1 is 1.04 bits per heavy atom. The highest BCUT2D eigenvalue weighted by molar-refractivity contribution is 8.01. The van der Waals surface area contributed by atoms with Crippen LogP contribution in [0.25, 0.3) is 10.2 Å². The number of fused-ring (bicyclic) bond motifs is 2. The molecule has 0 radical (unpaired) electrons. The van der Waals surface area contributed by atoms with Gasteiger partial charge in [-0.1, -0.05) is 48.2 Å². The van der Waals surface area contributed by atoms with Gasteiger partial charge in [0.15, 0.2) is 0 Å². The monoisotopic (exact) mass is 350 g/mol. The van der Waals surface area contributed by atoms with E-state index in [-0.39, 0.29) is 4.87 Å². The maximum Gasteiger partial charge on any atom is 0.147 e. The summed E-state index contributed by atoms with van der Waals surface area (Å²) in [5, 5.41) is 1.13. The zero-order chi connectivity index (χ0) is 16.6. The molecule has 2 nitrogen and oxygen atoms in total. The van der Waals surface area contributed by atoms with Gasteiger partial charge < -0.3 is 4.90 Å². The lowest BCUT2D eigenvalue weighted by Crippen LogP contribution is -2.40. The molecule has 120 valence electrons. The highest BCUT2D eigenvalue weighted by Gasteiger charge is 2.47. The molecule has 1 aromatic heterocycles. The number of aromatic nitrogens is 1. The van der Waals surface area contributed by atoms with Crippen molar-refractivity contribution in [3.05, 3.63) is 78.8 Å². The van der Waals surface area contributed by atoms with Gasteiger partial charge >= 0.3 is 0 Å². The van der Waals surface area contributed by atoms with Crippen molar-refractivity contribution in [3.63, 3.8) is 0 Å². The summed E-state index contributed by atoms with van der Waals surface area (Å²) in [4.78, 5) is 8.44. The second-order valence-electron chi connectivity index (χ2n) is 5.73. The van der Waals surface area contributed by atoms with Gasteiger partial charge in [-0.2, -0.15) is 0 Å². The number of hydrogen-bond donors (Lipinski definition) is 0. The van der Waals surface area contributed by atoms with Crippen LogP contribution in [0.1, 0.15) is 11.4 Å². The predicted molar refractivity (Wildman–Crippen MR) is 106 cm³/mol. The van der Waals surface area contributed by atoms with E-state index in [4.69, 9.17) is 4.98 Å². The van der Waals surface area contributed by atoms with Crippen LogP contribution in [0.3, 0.4) is 0 Å². The van der Waals surface area contributed by atoms with Crippen LogP contribution in [-0.2, 0) is 4.87 Å². The number of anilines is 1. The molecule has 1 aliphatic rings. The molecule has 1 aliphatic heterocycles. The van der Waals surface area contributed by atoms with Crippen LogP contribution in [0, 0.1) is 0 Å². The highest BCUT2D eigenvalue weighted by atomic mass is 32.2. The Labute approximate surface area is 150 Å². The van der Waals surface area contributed by atoms with E-state index in [2.05, 4.69) is 60.5 Å². The molecule has 0 spiro atoms. The van der Waals surface area contributed by atoms with Crippen molar-refractivity contribution in [2.75, 3.05) is 11.4 Å². The van der Waals surface area contributed by atoms with Crippen molar-refractivity contribution in [2.24, 2.45) is 0 Å². The zero-order valence-electron chi connectivity index (χ0n) is 13.3. The molecule has 0 amide bonds. The number of rotatable bonds is 5. The summed E-state index contributed by atoms with van der Waals surface area (Å²) in [6, 6.07) is 16.9. The Balaban J connectivity index is 1.92. The van der Waals surface area contributed by atoms with Gasteiger partial charge in [0, 0.05) is 17.9 Å². The summed E-state index contributed by atoms with van der Waals surface area (Å²) in [6.07, 6.45) is 4.80. The summed E-state index contributed by atoms with van der Waals surface area (Å²) >= 11 is 3.66. The van der Waals surface area contributed by atoms with Crippen LogP contribution in [0.2, 0.25) is 0 Å². The first kappa shape index (κ1) is 15.5. The van der Waals surface area contributed by atoms with Crippen LogP contribution in [0.15, 0.2) is 78.7 Å². The second-order valence-corrected chi connectivity index (χ2v) is 8.08. The van der Waals surface area contributed by atoms with E-state index in [0.29, 0.717) is 0 Å². The van der Waals surface area contributed by atoms with Crippen LogP contribution >= 0.6 is 23.1 Å². The number of hydrogen-bond acceptors (Lipinski definition) is 4. The van der Waals surface area contributed by atoms with E-state index in [1.54, 1.807) is 11.3 Å². The van der Waals surface area contributed by atoms with Crippen LogP contribution in [-0.4, -0.2) is 11.5 Å². The molecule has 0 unspecified atom stereocenters. The van der Waals surface area contributed by atoms with Crippen molar-refractivity contribution in [3.8, 4) is 0 Å². The first-order chi connectivity index (χ1) is 11.8. The largest absolute Gasteiger partial charge is 0.346 e. The third-order valence-electron chi connectivity index (χ3n) is 4.23. The SMILES string of the molecule is C=CCN1c2ccccc2S[C@@]1(CC=C)c1nc2ccccc2s1. The number of para-hydroxylation sites is 2. The minimum atomic E-state index is -0.247. The van der Waals surface area contributed by atoms with Gasteiger partial charge in [0.05, 0.1) is 15.9 Å². The fourth-order valence-corrected chi connectivity index (χ4v) is 5.94. The van der Waals surface area contributed by atoms with E-state index >= 15 is 0 Å². The zero-order valence-corrected chi connectivity index (χ0v) is 14.9. The summed E-state index contributed by atoms with van der Waals surface area (Å²) < 4.78 is 1.23. The molecule has 3 aromatic rings. The lowest BCUT2D eigenvalue weighted by Gasteiger charge is -2.36. The Kier molecular flexibility index (Phi) is 3.94. The molecular weight excluding hydrogens is 332 g/mol. The third kappa shape index (κ3) is 2.29. The van der Waals surface area contributed by atoms with Crippen LogP contribution in [0.4, 0.5) is 5.69 Å². The average Bonchev–Trinajstić information content (AvgIpc) is 3.16. The van der Waals surface area contributed by atoms with Crippen LogP contribution in [0.5, 0.6) is 0 Å². The molecule has 24 heavy (non-hydrogen) atoms. The Hall–Kier alpha value is -2.04. The fourth-order valence-electron chi connectivity index (χ4n) is 3.21. The lowest BCUT2D eigenvalue weighted by atomic mass is 10.1. The third-order valence-corrected chi connectivity index (χ3v) is 7.03. The molecule has 0 bridgehead atoms. The Morgan fingerprint density at radius 2 is 1.83 bits per heavy atom. The summed E-state index contributed by atoms with van der Waals surface area (Å²) in [5.74, 6) is 0. The first-order valence-electron chi connectivity index (χ1n) is 7.92. The van der Waals surface area contributed by atoms with E-state index in [1.807, 2.05) is 30.0 Å². The smallest absolute Gasteiger partial charge is 0.147 e. The summed E-state index contributed by atoms with van der Waals surface area (Å²) in [6.45, 7) is 8.77. The van der Waals surface area contributed by atoms with E-state index in [1.165, 1.54) is 15.3 Å². The topological polar surface area (TPSA) is 16.1 Å². The van der Waals surface area contributed by atoms with Gasteiger partial charge in [-0.15, -0.1) is 24.5 Å². The average molecular weight is 351 g/mol. The molecule has 1 atom stereocenters. The Morgan fingerprint density at radius 3 is 2.62 bits per heavy atom. The fraction of sp³-hybridized carbons (Fsp3) is 0.150. The van der Waals surface area contributed by atoms with Gasteiger partial charge in [-0.05, 0) is 24.3 Å². The van der Waals surface area contributed by atoms with Gasteiger partial charge in [-0.25, -0.2) is 4.98 Å². The molecule has 0 saturated carbocycles. The molecule has 2 heterocycles. The van der Waals surface area contributed by atoms with E-state index in [0.717, 1.165) is 23.5 Å². The molecule has 0 saturated heterocycles. The minimum absolute atomic E-state index is 0.247. The van der Waals surface area contributed by atoms with Gasteiger partial charge in [0.2, 0.25) is 0 Å². The molecule has 4 rings (SSSR count). The minimum Gasteiger partial charge on any atom is -0.346 e. The van der Waals surface area contributed by atoms with E-state index in [9.17, 15) is 0 Å².